The molecule has 2 saturated carbocycles. The van der Waals surface area contributed by atoms with Crippen LogP contribution in [0.3, 0.4) is 0 Å². The van der Waals surface area contributed by atoms with Crippen LogP contribution in [0.2, 0.25) is 0 Å². The van der Waals surface area contributed by atoms with Gasteiger partial charge in [-0.05, 0) is 60.8 Å². The SMILES string of the molecule is C[C@]12CCC(=O)C(O)=C1CC[C@@H]1[C@@H]2CC[C@]2(C)C(=O)NC[C@@H]12. The predicted molar refractivity (Wildman–Crippen MR) is 82.1 cm³/mol. The summed E-state index contributed by atoms with van der Waals surface area (Å²) in [5.74, 6) is 1.65. The predicted octanol–water partition coefficient (Wildman–Crippen LogP) is 2.74. The van der Waals surface area contributed by atoms with E-state index in [9.17, 15) is 14.7 Å². The number of fused-ring (bicyclic) bond motifs is 5. The first-order valence-corrected chi connectivity index (χ1v) is 8.62. The number of ketones is 1. The van der Waals surface area contributed by atoms with E-state index in [-0.39, 0.29) is 28.3 Å². The molecule has 0 aromatic carbocycles. The highest BCUT2D eigenvalue weighted by Crippen LogP contribution is 2.62. The van der Waals surface area contributed by atoms with Crippen LogP contribution in [0.5, 0.6) is 0 Å². The Balaban J connectivity index is 1.73. The van der Waals surface area contributed by atoms with E-state index in [4.69, 9.17) is 0 Å². The molecule has 0 aromatic heterocycles. The fourth-order valence-electron chi connectivity index (χ4n) is 6.07. The fraction of sp³-hybridized carbons (Fsp3) is 0.778. The van der Waals surface area contributed by atoms with Crippen LogP contribution >= 0.6 is 0 Å². The summed E-state index contributed by atoms with van der Waals surface area (Å²) in [6.45, 7) is 5.18. The van der Waals surface area contributed by atoms with Crippen molar-refractivity contribution in [1.29, 1.82) is 0 Å². The molecule has 0 unspecified atom stereocenters. The number of nitrogens with one attached hydrogen (secondary N) is 1. The van der Waals surface area contributed by atoms with Crippen LogP contribution in [-0.2, 0) is 9.59 Å². The first-order chi connectivity index (χ1) is 10.4. The van der Waals surface area contributed by atoms with E-state index in [2.05, 4.69) is 19.2 Å². The lowest BCUT2D eigenvalue weighted by atomic mass is 9.47. The second kappa shape index (κ2) is 4.36. The normalized spacial score (nSPS) is 47.6. The number of carbonyl (C=O) groups excluding carboxylic acids is 2. The van der Waals surface area contributed by atoms with Crippen molar-refractivity contribution in [3.8, 4) is 0 Å². The first-order valence-electron chi connectivity index (χ1n) is 8.62. The van der Waals surface area contributed by atoms with Gasteiger partial charge in [-0.25, -0.2) is 0 Å². The monoisotopic (exact) mass is 303 g/mol. The second-order valence-electron chi connectivity index (χ2n) is 8.25. The van der Waals surface area contributed by atoms with E-state index >= 15 is 0 Å². The maximum absolute atomic E-state index is 12.3. The van der Waals surface area contributed by atoms with Crippen LogP contribution < -0.4 is 5.32 Å². The molecule has 3 fully saturated rings. The van der Waals surface area contributed by atoms with E-state index in [0.717, 1.165) is 44.2 Å². The zero-order chi connectivity index (χ0) is 15.7. The summed E-state index contributed by atoms with van der Waals surface area (Å²) in [6, 6.07) is 0. The van der Waals surface area contributed by atoms with Gasteiger partial charge in [0.15, 0.2) is 11.5 Å². The van der Waals surface area contributed by atoms with Crippen molar-refractivity contribution in [2.45, 2.75) is 52.4 Å². The molecule has 3 aliphatic carbocycles. The minimum absolute atomic E-state index is 0.0477. The highest BCUT2D eigenvalue weighted by Gasteiger charge is 2.60. The largest absolute Gasteiger partial charge is 0.504 e. The van der Waals surface area contributed by atoms with E-state index in [1.165, 1.54) is 0 Å². The molecule has 4 heteroatoms. The van der Waals surface area contributed by atoms with Gasteiger partial charge >= 0.3 is 0 Å². The Morgan fingerprint density at radius 3 is 2.59 bits per heavy atom. The quantitative estimate of drug-likeness (QED) is 0.723. The smallest absolute Gasteiger partial charge is 0.226 e. The van der Waals surface area contributed by atoms with Gasteiger partial charge in [0.05, 0.1) is 5.41 Å². The van der Waals surface area contributed by atoms with Crippen LogP contribution in [0.25, 0.3) is 0 Å². The highest BCUT2D eigenvalue weighted by molar-refractivity contribution is 5.95. The van der Waals surface area contributed by atoms with Crippen molar-refractivity contribution < 1.29 is 14.7 Å². The van der Waals surface area contributed by atoms with Gasteiger partial charge in [-0.3, -0.25) is 9.59 Å². The average molecular weight is 303 g/mol. The molecular formula is C18H25NO3. The molecule has 0 aromatic rings. The lowest BCUT2D eigenvalue weighted by molar-refractivity contribution is -0.134. The Bertz CT molecular complexity index is 595. The molecule has 120 valence electrons. The Labute approximate surface area is 131 Å². The van der Waals surface area contributed by atoms with Gasteiger partial charge in [0, 0.05) is 13.0 Å². The van der Waals surface area contributed by atoms with E-state index in [1.54, 1.807) is 0 Å². The topological polar surface area (TPSA) is 66.4 Å². The molecule has 1 heterocycles. The molecule has 22 heavy (non-hydrogen) atoms. The molecular weight excluding hydrogens is 278 g/mol. The van der Waals surface area contributed by atoms with E-state index in [0.29, 0.717) is 24.2 Å². The number of amides is 1. The Morgan fingerprint density at radius 1 is 1.05 bits per heavy atom. The molecule has 4 aliphatic rings. The van der Waals surface area contributed by atoms with Gasteiger partial charge in [-0.15, -0.1) is 0 Å². The molecule has 1 amide bonds. The maximum atomic E-state index is 12.3. The number of Topliss-reactive ketones (excluding diaryl/α,β-unsaturated/α-hetero) is 1. The standard InChI is InChI=1S/C18H25NO3/c1-17-8-6-14(20)15(21)12(17)4-3-10-11(17)5-7-18(2)13(10)9-19-16(18)22/h10-11,13,21H,3-9H2,1-2H3,(H,19,22)/t10-,11+,13+,17-,18+/m1/s1. The third-order valence-electron chi connectivity index (χ3n) is 7.48. The summed E-state index contributed by atoms with van der Waals surface area (Å²) in [5, 5.41) is 13.4. The van der Waals surface area contributed by atoms with Crippen molar-refractivity contribution in [2.24, 2.45) is 28.6 Å². The third-order valence-corrected chi connectivity index (χ3v) is 7.48. The number of rotatable bonds is 0. The van der Waals surface area contributed by atoms with Crippen LogP contribution in [0, 0.1) is 28.6 Å². The molecule has 2 N–H and O–H groups in total. The molecule has 1 aliphatic heterocycles. The van der Waals surface area contributed by atoms with Gasteiger partial charge < -0.3 is 10.4 Å². The van der Waals surface area contributed by atoms with Crippen molar-refractivity contribution in [1.82, 2.24) is 5.32 Å². The first kappa shape index (κ1) is 14.3. The van der Waals surface area contributed by atoms with Gasteiger partial charge in [0.2, 0.25) is 5.91 Å². The van der Waals surface area contributed by atoms with Crippen molar-refractivity contribution in [3.05, 3.63) is 11.3 Å². The summed E-state index contributed by atoms with van der Waals surface area (Å²) in [5.41, 5.74) is 0.755. The van der Waals surface area contributed by atoms with Crippen LogP contribution in [0.1, 0.15) is 52.4 Å². The van der Waals surface area contributed by atoms with Crippen molar-refractivity contribution in [3.63, 3.8) is 0 Å². The number of aliphatic hydroxyl groups is 1. The van der Waals surface area contributed by atoms with Gasteiger partial charge in [0.1, 0.15) is 0 Å². The molecule has 0 radical (unpaired) electrons. The summed E-state index contributed by atoms with van der Waals surface area (Å²) >= 11 is 0. The molecule has 1 saturated heterocycles. The summed E-state index contributed by atoms with van der Waals surface area (Å²) in [6.07, 6.45) is 5.11. The Morgan fingerprint density at radius 2 is 1.82 bits per heavy atom. The maximum Gasteiger partial charge on any atom is 0.226 e. The number of hydrogen-bond acceptors (Lipinski definition) is 3. The van der Waals surface area contributed by atoms with Gasteiger partial charge in [-0.1, -0.05) is 13.8 Å². The van der Waals surface area contributed by atoms with Gasteiger partial charge in [-0.2, -0.15) is 0 Å². The third kappa shape index (κ3) is 1.59. The molecule has 0 bridgehead atoms. The Hall–Kier alpha value is -1.32. The van der Waals surface area contributed by atoms with Gasteiger partial charge in [0.25, 0.3) is 0 Å². The number of hydrogen-bond donors (Lipinski definition) is 2. The van der Waals surface area contributed by atoms with Crippen molar-refractivity contribution >= 4 is 11.7 Å². The van der Waals surface area contributed by atoms with Crippen LogP contribution in [0.4, 0.5) is 0 Å². The lowest BCUT2D eigenvalue weighted by Gasteiger charge is -2.56. The van der Waals surface area contributed by atoms with Crippen LogP contribution in [0.15, 0.2) is 11.3 Å². The summed E-state index contributed by atoms with van der Waals surface area (Å²) < 4.78 is 0. The second-order valence-corrected chi connectivity index (χ2v) is 8.25. The van der Waals surface area contributed by atoms with Crippen LogP contribution in [-0.4, -0.2) is 23.3 Å². The number of aliphatic hydroxyl groups excluding tert-OH is 1. The van der Waals surface area contributed by atoms with E-state index in [1.807, 2.05) is 0 Å². The van der Waals surface area contributed by atoms with E-state index < -0.39 is 0 Å². The lowest BCUT2D eigenvalue weighted by Crippen LogP contribution is -2.51. The zero-order valence-corrected chi connectivity index (χ0v) is 13.4. The molecule has 4 nitrogen and oxygen atoms in total. The Kier molecular flexibility index (Phi) is 2.83. The van der Waals surface area contributed by atoms with Crippen molar-refractivity contribution in [2.75, 3.05) is 6.54 Å². The minimum Gasteiger partial charge on any atom is -0.504 e. The highest BCUT2D eigenvalue weighted by atomic mass is 16.3. The zero-order valence-electron chi connectivity index (χ0n) is 13.4. The average Bonchev–Trinajstić information content (AvgIpc) is 2.79. The summed E-state index contributed by atoms with van der Waals surface area (Å²) in [7, 11) is 0. The minimum atomic E-state index is -0.203. The molecule has 0 spiro atoms. The number of allylic oxidation sites excluding steroid dienone is 2. The number of carbonyl (C=O) groups is 2. The fourth-order valence-corrected chi connectivity index (χ4v) is 6.07. The molecule has 5 atom stereocenters. The molecule has 4 rings (SSSR count). The summed E-state index contributed by atoms with van der Waals surface area (Å²) in [4.78, 5) is 24.1.